The van der Waals surface area contributed by atoms with Crippen LogP contribution < -0.4 is 5.32 Å². The van der Waals surface area contributed by atoms with E-state index in [-0.39, 0.29) is 5.91 Å². The fourth-order valence-electron chi connectivity index (χ4n) is 1.84. The summed E-state index contributed by atoms with van der Waals surface area (Å²) in [5.74, 6) is 0.601. The molecule has 0 atom stereocenters. The molecular formula is C14H12N4OS. The van der Waals surface area contributed by atoms with Gasteiger partial charge in [-0.2, -0.15) is 0 Å². The van der Waals surface area contributed by atoms with Crippen LogP contribution in [0.3, 0.4) is 0 Å². The van der Waals surface area contributed by atoms with Crippen LogP contribution >= 0.6 is 11.3 Å². The molecule has 2 heterocycles. The summed E-state index contributed by atoms with van der Waals surface area (Å²) in [6, 6.07) is 13.4. The highest BCUT2D eigenvalue weighted by atomic mass is 32.1. The minimum absolute atomic E-state index is 0.0948. The average molecular weight is 284 g/mol. The molecular weight excluding hydrogens is 272 g/mol. The largest absolute Gasteiger partial charge is 0.344 e. The van der Waals surface area contributed by atoms with E-state index in [1.54, 1.807) is 12.4 Å². The number of aromatic nitrogens is 3. The van der Waals surface area contributed by atoms with Gasteiger partial charge in [0.05, 0.1) is 11.4 Å². The van der Waals surface area contributed by atoms with Crippen LogP contribution in [0.4, 0.5) is 0 Å². The SMILES string of the molecule is O=C(NCc1nncn1-c1ccccc1)c1cccs1. The number of benzene rings is 1. The molecule has 0 spiro atoms. The van der Waals surface area contributed by atoms with E-state index in [0.29, 0.717) is 17.2 Å². The number of nitrogens with zero attached hydrogens (tertiary/aromatic N) is 3. The third-order valence-corrected chi connectivity index (χ3v) is 3.67. The van der Waals surface area contributed by atoms with Crippen LogP contribution in [0.2, 0.25) is 0 Å². The van der Waals surface area contributed by atoms with E-state index in [9.17, 15) is 4.79 Å². The Morgan fingerprint density at radius 3 is 2.80 bits per heavy atom. The predicted octanol–water partition coefficient (Wildman–Crippen LogP) is 2.26. The van der Waals surface area contributed by atoms with E-state index in [2.05, 4.69) is 15.5 Å². The van der Waals surface area contributed by atoms with Crippen molar-refractivity contribution in [1.29, 1.82) is 0 Å². The Balaban J connectivity index is 1.73. The lowest BCUT2D eigenvalue weighted by molar-refractivity contribution is 0.0954. The number of hydrogen-bond acceptors (Lipinski definition) is 4. The molecule has 0 radical (unpaired) electrons. The zero-order valence-corrected chi connectivity index (χ0v) is 11.4. The van der Waals surface area contributed by atoms with Gasteiger partial charge in [-0.1, -0.05) is 24.3 Å². The second kappa shape index (κ2) is 5.66. The molecule has 0 aliphatic rings. The van der Waals surface area contributed by atoms with Crippen LogP contribution in [0.1, 0.15) is 15.5 Å². The number of carbonyl (C=O) groups is 1. The third-order valence-electron chi connectivity index (χ3n) is 2.80. The highest BCUT2D eigenvalue weighted by Crippen LogP contribution is 2.10. The van der Waals surface area contributed by atoms with Crippen molar-refractivity contribution in [3.05, 3.63) is 64.9 Å². The van der Waals surface area contributed by atoms with E-state index < -0.39 is 0 Å². The van der Waals surface area contributed by atoms with Crippen LogP contribution in [0.5, 0.6) is 0 Å². The van der Waals surface area contributed by atoms with Gasteiger partial charge in [0.2, 0.25) is 0 Å². The number of carbonyl (C=O) groups excluding carboxylic acids is 1. The number of amides is 1. The van der Waals surface area contributed by atoms with Crippen molar-refractivity contribution < 1.29 is 4.79 Å². The van der Waals surface area contributed by atoms with Gasteiger partial charge in [0.25, 0.3) is 5.91 Å². The zero-order valence-electron chi connectivity index (χ0n) is 10.6. The van der Waals surface area contributed by atoms with E-state index in [1.165, 1.54) is 11.3 Å². The van der Waals surface area contributed by atoms with Crippen LogP contribution in [0, 0.1) is 0 Å². The summed E-state index contributed by atoms with van der Waals surface area (Å²) in [4.78, 5) is 12.6. The first kappa shape index (κ1) is 12.6. The number of para-hydroxylation sites is 1. The van der Waals surface area contributed by atoms with Gasteiger partial charge >= 0.3 is 0 Å². The molecule has 100 valence electrons. The lowest BCUT2D eigenvalue weighted by Crippen LogP contribution is -2.23. The lowest BCUT2D eigenvalue weighted by Gasteiger charge is -2.07. The Bertz CT molecular complexity index is 691. The summed E-state index contributed by atoms with van der Waals surface area (Å²) in [5, 5.41) is 12.7. The van der Waals surface area contributed by atoms with Gasteiger partial charge in [0, 0.05) is 5.69 Å². The fourth-order valence-corrected chi connectivity index (χ4v) is 2.48. The van der Waals surface area contributed by atoms with Crippen molar-refractivity contribution >= 4 is 17.2 Å². The predicted molar refractivity (Wildman–Crippen MR) is 76.8 cm³/mol. The Morgan fingerprint density at radius 1 is 1.20 bits per heavy atom. The normalized spacial score (nSPS) is 10.4. The zero-order chi connectivity index (χ0) is 13.8. The van der Waals surface area contributed by atoms with Crippen LogP contribution in [0.15, 0.2) is 54.2 Å². The first-order valence-electron chi connectivity index (χ1n) is 6.10. The Kier molecular flexibility index (Phi) is 3.56. The van der Waals surface area contributed by atoms with E-state index in [1.807, 2.05) is 46.3 Å². The summed E-state index contributed by atoms with van der Waals surface area (Å²) in [5.41, 5.74) is 0.970. The van der Waals surface area contributed by atoms with Gasteiger partial charge in [-0.25, -0.2) is 0 Å². The van der Waals surface area contributed by atoms with Gasteiger partial charge in [-0.3, -0.25) is 9.36 Å². The van der Waals surface area contributed by atoms with Crippen LogP contribution in [-0.2, 0) is 6.54 Å². The molecule has 6 heteroatoms. The number of rotatable bonds is 4. The molecule has 1 N–H and O–H groups in total. The first-order chi connectivity index (χ1) is 9.84. The molecule has 1 amide bonds. The molecule has 5 nitrogen and oxygen atoms in total. The van der Waals surface area contributed by atoms with Crippen molar-refractivity contribution in [3.8, 4) is 5.69 Å². The van der Waals surface area contributed by atoms with Gasteiger partial charge in [0.15, 0.2) is 5.82 Å². The second-order valence-electron chi connectivity index (χ2n) is 4.11. The van der Waals surface area contributed by atoms with Gasteiger partial charge < -0.3 is 5.32 Å². The highest BCUT2D eigenvalue weighted by molar-refractivity contribution is 7.12. The maximum absolute atomic E-state index is 11.9. The Labute approximate surface area is 119 Å². The number of hydrogen-bond donors (Lipinski definition) is 1. The Morgan fingerprint density at radius 2 is 2.05 bits per heavy atom. The topological polar surface area (TPSA) is 59.8 Å². The highest BCUT2D eigenvalue weighted by Gasteiger charge is 2.10. The monoisotopic (exact) mass is 284 g/mol. The molecule has 0 bridgehead atoms. The molecule has 3 rings (SSSR count). The molecule has 20 heavy (non-hydrogen) atoms. The van der Waals surface area contributed by atoms with Gasteiger partial charge in [-0.15, -0.1) is 21.5 Å². The standard InChI is InChI=1S/C14H12N4OS/c19-14(12-7-4-8-20-12)15-9-13-17-16-10-18(13)11-5-2-1-3-6-11/h1-8,10H,9H2,(H,15,19). The molecule has 0 fully saturated rings. The minimum atomic E-state index is -0.0948. The van der Waals surface area contributed by atoms with E-state index in [4.69, 9.17) is 0 Å². The fraction of sp³-hybridized carbons (Fsp3) is 0.0714. The number of thiophene rings is 1. The molecule has 0 unspecified atom stereocenters. The molecule has 1 aromatic carbocycles. The molecule has 0 aliphatic heterocycles. The minimum Gasteiger partial charge on any atom is -0.344 e. The molecule has 2 aromatic heterocycles. The molecule has 0 aliphatic carbocycles. The first-order valence-corrected chi connectivity index (χ1v) is 6.98. The van der Waals surface area contributed by atoms with Crippen LogP contribution in [0.25, 0.3) is 5.69 Å². The quantitative estimate of drug-likeness (QED) is 0.799. The third kappa shape index (κ3) is 2.60. The summed E-state index contributed by atoms with van der Waals surface area (Å²) in [6.45, 7) is 0.339. The van der Waals surface area contributed by atoms with Crippen molar-refractivity contribution in [2.75, 3.05) is 0 Å². The lowest BCUT2D eigenvalue weighted by atomic mass is 10.3. The van der Waals surface area contributed by atoms with E-state index in [0.717, 1.165) is 5.69 Å². The van der Waals surface area contributed by atoms with Crippen LogP contribution in [-0.4, -0.2) is 20.7 Å². The second-order valence-corrected chi connectivity index (χ2v) is 5.06. The van der Waals surface area contributed by atoms with Gasteiger partial charge in [-0.05, 0) is 23.6 Å². The molecule has 0 saturated carbocycles. The summed E-state index contributed by atoms with van der Waals surface area (Å²) < 4.78 is 1.86. The number of nitrogens with one attached hydrogen (secondary N) is 1. The van der Waals surface area contributed by atoms with E-state index >= 15 is 0 Å². The summed E-state index contributed by atoms with van der Waals surface area (Å²) in [7, 11) is 0. The maximum atomic E-state index is 11.9. The van der Waals surface area contributed by atoms with Gasteiger partial charge in [0.1, 0.15) is 6.33 Å². The Hall–Kier alpha value is -2.47. The molecule has 3 aromatic rings. The van der Waals surface area contributed by atoms with Crippen molar-refractivity contribution in [2.45, 2.75) is 6.54 Å². The smallest absolute Gasteiger partial charge is 0.261 e. The summed E-state index contributed by atoms with van der Waals surface area (Å²) in [6.07, 6.45) is 1.64. The summed E-state index contributed by atoms with van der Waals surface area (Å²) >= 11 is 1.41. The van der Waals surface area contributed by atoms with Crippen molar-refractivity contribution in [3.63, 3.8) is 0 Å². The van der Waals surface area contributed by atoms with Crippen molar-refractivity contribution in [2.24, 2.45) is 0 Å². The maximum Gasteiger partial charge on any atom is 0.261 e. The molecule has 0 saturated heterocycles. The average Bonchev–Trinajstić information content (AvgIpc) is 3.17. The van der Waals surface area contributed by atoms with Crippen molar-refractivity contribution in [1.82, 2.24) is 20.1 Å².